The molecule has 34 heavy (non-hydrogen) atoms. The fourth-order valence-corrected chi connectivity index (χ4v) is 4.53. The Hall–Kier alpha value is -3.96. The normalized spacial score (nSPS) is 12.4. The van der Waals surface area contributed by atoms with Gasteiger partial charge in [-0.15, -0.1) is 0 Å². The highest BCUT2D eigenvalue weighted by Crippen LogP contribution is 2.32. The van der Waals surface area contributed by atoms with Gasteiger partial charge in [0.2, 0.25) is 0 Å². The number of aryl methyl sites for hydroxylation is 1. The Labute approximate surface area is 199 Å². The first-order valence-corrected chi connectivity index (χ1v) is 11.4. The number of fused-ring (bicyclic) bond motifs is 2. The van der Waals surface area contributed by atoms with Gasteiger partial charge >= 0.3 is 0 Å². The fraction of sp³-hybridized carbons (Fsp3) is 0.172. The Balaban J connectivity index is 1.58. The molecule has 0 unspecified atom stereocenters. The highest BCUT2D eigenvalue weighted by atomic mass is 16.3. The van der Waals surface area contributed by atoms with Gasteiger partial charge in [0.1, 0.15) is 22.5 Å². The van der Waals surface area contributed by atoms with E-state index in [1.165, 1.54) is 11.1 Å². The third-order valence-corrected chi connectivity index (χ3v) is 6.53. The van der Waals surface area contributed by atoms with Gasteiger partial charge in [0, 0.05) is 42.3 Å². The van der Waals surface area contributed by atoms with Crippen LogP contribution >= 0.6 is 0 Å². The molecular formula is C29H27N3O2. The van der Waals surface area contributed by atoms with Gasteiger partial charge in [-0.2, -0.15) is 0 Å². The molecule has 0 bridgehead atoms. The summed E-state index contributed by atoms with van der Waals surface area (Å²) >= 11 is 0. The van der Waals surface area contributed by atoms with Crippen LogP contribution in [-0.2, 0) is 13.1 Å². The molecule has 0 aliphatic heterocycles. The molecular weight excluding hydrogens is 422 g/mol. The molecule has 5 nitrogen and oxygen atoms in total. The van der Waals surface area contributed by atoms with Crippen LogP contribution in [0.25, 0.3) is 21.8 Å². The number of benzene rings is 3. The summed E-state index contributed by atoms with van der Waals surface area (Å²) < 4.78 is 0. The van der Waals surface area contributed by atoms with E-state index in [1.807, 2.05) is 36.4 Å². The van der Waals surface area contributed by atoms with Crippen LogP contribution in [0.15, 0.2) is 85.2 Å². The number of nitrogens with zero attached hydrogens (tertiary/aromatic N) is 3. The molecule has 2 N–H and O–H groups in total. The predicted molar refractivity (Wildman–Crippen MR) is 136 cm³/mol. The Morgan fingerprint density at radius 1 is 0.706 bits per heavy atom. The van der Waals surface area contributed by atoms with E-state index in [-0.39, 0.29) is 17.5 Å². The van der Waals surface area contributed by atoms with Gasteiger partial charge in [0.05, 0.1) is 0 Å². The van der Waals surface area contributed by atoms with E-state index in [0.717, 1.165) is 21.9 Å². The molecule has 0 aliphatic carbocycles. The SMILES string of the molecule is Cc1ccc([C@H](C)N(Cc2ccc(O)c3ncccc23)Cc2ccc(O)c3ncccc23)cc1. The number of pyridine rings is 2. The maximum absolute atomic E-state index is 10.3. The smallest absolute Gasteiger partial charge is 0.141 e. The van der Waals surface area contributed by atoms with Crippen LogP contribution in [0.4, 0.5) is 0 Å². The lowest BCUT2D eigenvalue weighted by molar-refractivity contribution is 0.193. The number of hydrogen-bond donors (Lipinski definition) is 2. The maximum atomic E-state index is 10.3. The van der Waals surface area contributed by atoms with Crippen LogP contribution in [0.3, 0.4) is 0 Å². The molecule has 1 atom stereocenters. The summed E-state index contributed by atoms with van der Waals surface area (Å²) in [5.41, 5.74) is 5.88. The first-order chi connectivity index (χ1) is 16.5. The number of aromatic hydroxyl groups is 2. The second kappa shape index (κ2) is 9.12. The minimum atomic E-state index is 0.127. The molecule has 5 aromatic rings. The van der Waals surface area contributed by atoms with E-state index in [0.29, 0.717) is 24.1 Å². The molecule has 0 radical (unpaired) electrons. The monoisotopic (exact) mass is 449 g/mol. The number of hydrogen-bond acceptors (Lipinski definition) is 5. The molecule has 0 amide bonds. The number of phenolic OH excluding ortho intramolecular Hbond substituents is 2. The first-order valence-electron chi connectivity index (χ1n) is 11.4. The average molecular weight is 450 g/mol. The van der Waals surface area contributed by atoms with Crippen molar-refractivity contribution in [2.45, 2.75) is 33.0 Å². The van der Waals surface area contributed by atoms with E-state index in [9.17, 15) is 10.2 Å². The van der Waals surface area contributed by atoms with Crippen molar-refractivity contribution < 1.29 is 10.2 Å². The standard InChI is InChI=1S/C29H27N3O2/c1-19-7-9-21(10-8-19)20(2)32(17-22-11-13-26(33)28-24(22)5-3-15-30-28)18-23-12-14-27(34)29-25(23)6-4-16-31-29/h3-16,20,33-34H,17-18H2,1-2H3/t20-/m0/s1. The molecule has 0 saturated heterocycles. The van der Waals surface area contributed by atoms with Gasteiger partial charge in [-0.05, 0) is 54.8 Å². The summed E-state index contributed by atoms with van der Waals surface area (Å²) in [6.45, 7) is 5.64. The number of rotatable bonds is 6. The van der Waals surface area contributed by atoms with E-state index in [2.05, 4.69) is 53.0 Å². The number of aromatic nitrogens is 2. The summed E-state index contributed by atoms with van der Waals surface area (Å²) in [6, 6.07) is 24.0. The molecule has 3 aromatic carbocycles. The van der Waals surface area contributed by atoms with Crippen LogP contribution in [0, 0.1) is 6.92 Å². The van der Waals surface area contributed by atoms with Crippen LogP contribution < -0.4 is 0 Å². The van der Waals surface area contributed by atoms with Crippen molar-refractivity contribution in [1.29, 1.82) is 0 Å². The highest BCUT2D eigenvalue weighted by Gasteiger charge is 2.20. The zero-order valence-electron chi connectivity index (χ0n) is 19.3. The molecule has 170 valence electrons. The molecule has 5 rings (SSSR count). The molecule has 0 aliphatic rings. The third kappa shape index (κ3) is 4.18. The molecule has 0 fully saturated rings. The van der Waals surface area contributed by atoms with E-state index in [1.54, 1.807) is 24.5 Å². The lowest BCUT2D eigenvalue weighted by Crippen LogP contribution is -2.26. The zero-order valence-corrected chi connectivity index (χ0v) is 19.3. The summed E-state index contributed by atoms with van der Waals surface area (Å²) in [4.78, 5) is 11.2. The van der Waals surface area contributed by atoms with Crippen molar-refractivity contribution in [1.82, 2.24) is 14.9 Å². The van der Waals surface area contributed by atoms with Crippen molar-refractivity contribution in [3.8, 4) is 11.5 Å². The van der Waals surface area contributed by atoms with Crippen LogP contribution in [0.2, 0.25) is 0 Å². The van der Waals surface area contributed by atoms with Gasteiger partial charge < -0.3 is 10.2 Å². The van der Waals surface area contributed by atoms with Crippen molar-refractivity contribution in [3.05, 3.63) is 107 Å². The first kappa shape index (κ1) is 21.9. The molecule has 0 spiro atoms. The highest BCUT2D eigenvalue weighted by molar-refractivity contribution is 5.88. The van der Waals surface area contributed by atoms with Gasteiger partial charge in [-0.25, -0.2) is 0 Å². The van der Waals surface area contributed by atoms with Crippen molar-refractivity contribution >= 4 is 21.8 Å². The van der Waals surface area contributed by atoms with Crippen molar-refractivity contribution in [3.63, 3.8) is 0 Å². The Morgan fingerprint density at radius 3 is 1.71 bits per heavy atom. The van der Waals surface area contributed by atoms with Crippen molar-refractivity contribution in [2.75, 3.05) is 0 Å². The Kier molecular flexibility index (Phi) is 5.86. The van der Waals surface area contributed by atoms with Crippen LogP contribution in [0.5, 0.6) is 11.5 Å². The Morgan fingerprint density at radius 2 is 1.21 bits per heavy atom. The minimum absolute atomic E-state index is 0.127. The van der Waals surface area contributed by atoms with Gasteiger partial charge in [0.25, 0.3) is 0 Å². The maximum Gasteiger partial charge on any atom is 0.141 e. The summed E-state index contributed by atoms with van der Waals surface area (Å²) in [5, 5.41) is 22.5. The second-order valence-corrected chi connectivity index (χ2v) is 8.78. The lowest BCUT2D eigenvalue weighted by Gasteiger charge is -2.30. The van der Waals surface area contributed by atoms with Gasteiger partial charge in [-0.1, -0.05) is 54.1 Å². The van der Waals surface area contributed by atoms with Crippen molar-refractivity contribution in [2.24, 2.45) is 0 Å². The molecule has 2 heterocycles. The second-order valence-electron chi connectivity index (χ2n) is 8.78. The quantitative estimate of drug-likeness (QED) is 0.320. The summed E-state index contributed by atoms with van der Waals surface area (Å²) in [7, 11) is 0. The third-order valence-electron chi connectivity index (χ3n) is 6.53. The molecule has 0 saturated carbocycles. The van der Waals surface area contributed by atoms with Gasteiger partial charge in [-0.3, -0.25) is 14.9 Å². The van der Waals surface area contributed by atoms with Crippen LogP contribution in [0.1, 0.15) is 35.2 Å². The lowest BCUT2D eigenvalue weighted by atomic mass is 10.0. The van der Waals surface area contributed by atoms with E-state index >= 15 is 0 Å². The minimum Gasteiger partial charge on any atom is -0.506 e. The fourth-order valence-electron chi connectivity index (χ4n) is 4.53. The van der Waals surface area contributed by atoms with Crippen LogP contribution in [-0.4, -0.2) is 25.1 Å². The predicted octanol–water partition coefficient (Wildman–Crippen LogP) is 6.27. The molecule has 2 aromatic heterocycles. The summed E-state index contributed by atoms with van der Waals surface area (Å²) in [6.07, 6.45) is 3.40. The van der Waals surface area contributed by atoms with E-state index < -0.39 is 0 Å². The largest absolute Gasteiger partial charge is 0.506 e. The Bertz CT molecular complexity index is 1380. The average Bonchev–Trinajstić information content (AvgIpc) is 2.87. The van der Waals surface area contributed by atoms with Gasteiger partial charge in [0.15, 0.2) is 0 Å². The number of phenols is 2. The summed E-state index contributed by atoms with van der Waals surface area (Å²) in [5.74, 6) is 0.376. The molecule has 5 heteroatoms. The zero-order chi connectivity index (χ0) is 23.7. The topological polar surface area (TPSA) is 69.5 Å². The van der Waals surface area contributed by atoms with E-state index in [4.69, 9.17) is 0 Å².